The summed E-state index contributed by atoms with van der Waals surface area (Å²) in [7, 11) is 0. The Bertz CT molecular complexity index is 809. The van der Waals surface area contributed by atoms with Gasteiger partial charge in [0.1, 0.15) is 5.75 Å². The number of hydrogen-bond acceptors (Lipinski definition) is 5. The van der Waals surface area contributed by atoms with Crippen molar-refractivity contribution in [2.75, 3.05) is 11.9 Å². The number of esters is 1. The molecule has 1 atom stereocenters. The lowest BCUT2D eigenvalue weighted by Gasteiger charge is -2.15. The van der Waals surface area contributed by atoms with Crippen LogP contribution in [0.4, 0.5) is 5.69 Å². The highest BCUT2D eigenvalue weighted by molar-refractivity contribution is 5.95. The smallest absolute Gasteiger partial charge is 0.338 e. The van der Waals surface area contributed by atoms with Gasteiger partial charge in [0.05, 0.1) is 23.8 Å². The zero-order valence-electron chi connectivity index (χ0n) is 14.7. The van der Waals surface area contributed by atoms with Crippen LogP contribution in [0.2, 0.25) is 0 Å². The molecule has 1 unspecified atom stereocenters. The third-order valence-electron chi connectivity index (χ3n) is 3.47. The monoisotopic (exact) mass is 352 g/mol. The molecule has 0 saturated carbocycles. The summed E-state index contributed by atoms with van der Waals surface area (Å²) in [5.41, 5.74) is 1.43. The van der Waals surface area contributed by atoms with Gasteiger partial charge in [-0.05, 0) is 55.8 Å². The first-order valence-electron chi connectivity index (χ1n) is 8.28. The molecule has 2 aromatic carbocycles. The Morgan fingerprint density at radius 1 is 1.19 bits per heavy atom. The van der Waals surface area contributed by atoms with Crippen molar-refractivity contribution >= 4 is 17.6 Å². The van der Waals surface area contributed by atoms with Crippen molar-refractivity contribution in [1.82, 2.24) is 0 Å². The van der Waals surface area contributed by atoms with Gasteiger partial charge in [0.25, 0.3) is 5.91 Å². The average molecular weight is 352 g/mol. The van der Waals surface area contributed by atoms with Crippen LogP contribution in [-0.4, -0.2) is 24.6 Å². The largest absolute Gasteiger partial charge is 0.481 e. The normalized spacial score (nSPS) is 11.1. The van der Waals surface area contributed by atoms with Crippen molar-refractivity contribution in [2.24, 2.45) is 0 Å². The van der Waals surface area contributed by atoms with Crippen molar-refractivity contribution in [2.45, 2.75) is 26.4 Å². The van der Waals surface area contributed by atoms with Gasteiger partial charge < -0.3 is 14.8 Å². The zero-order valence-corrected chi connectivity index (χ0v) is 14.7. The van der Waals surface area contributed by atoms with Crippen LogP contribution in [0, 0.1) is 11.3 Å². The maximum absolute atomic E-state index is 12.2. The summed E-state index contributed by atoms with van der Waals surface area (Å²) < 4.78 is 10.6. The fraction of sp³-hybridized carbons (Fsp3) is 0.250. The molecule has 0 radical (unpaired) electrons. The molecule has 0 aliphatic rings. The third kappa shape index (κ3) is 5.35. The highest BCUT2D eigenvalue weighted by Crippen LogP contribution is 2.16. The Morgan fingerprint density at radius 3 is 2.58 bits per heavy atom. The number of ether oxygens (including phenoxy) is 2. The van der Waals surface area contributed by atoms with E-state index in [1.807, 2.05) is 13.0 Å². The van der Waals surface area contributed by atoms with Crippen molar-refractivity contribution in [3.63, 3.8) is 0 Å². The van der Waals surface area contributed by atoms with Gasteiger partial charge in [-0.2, -0.15) is 5.26 Å². The predicted molar refractivity (Wildman–Crippen MR) is 96.9 cm³/mol. The van der Waals surface area contributed by atoms with Crippen LogP contribution < -0.4 is 10.1 Å². The van der Waals surface area contributed by atoms with Crippen molar-refractivity contribution in [3.05, 3.63) is 59.7 Å². The van der Waals surface area contributed by atoms with Crippen molar-refractivity contribution < 1.29 is 19.1 Å². The first-order valence-corrected chi connectivity index (χ1v) is 8.28. The fourth-order valence-electron chi connectivity index (χ4n) is 2.11. The summed E-state index contributed by atoms with van der Waals surface area (Å²) in [5.74, 6) is -0.284. The van der Waals surface area contributed by atoms with E-state index >= 15 is 0 Å². The summed E-state index contributed by atoms with van der Waals surface area (Å²) in [6.45, 7) is 3.91. The SMILES string of the molecule is CCCOC(=O)c1ccc(NC(=O)C(C)Oc2cccc(C#N)c2)cc1. The number of nitrogens with one attached hydrogen (secondary N) is 1. The number of carbonyl (C=O) groups excluding carboxylic acids is 2. The number of amides is 1. The maximum atomic E-state index is 12.2. The van der Waals surface area contributed by atoms with E-state index in [4.69, 9.17) is 14.7 Å². The molecule has 0 aliphatic heterocycles. The van der Waals surface area contributed by atoms with E-state index in [2.05, 4.69) is 5.32 Å². The van der Waals surface area contributed by atoms with Gasteiger partial charge in [-0.25, -0.2) is 4.79 Å². The van der Waals surface area contributed by atoms with Gasteiger partial charge in [-0.1, -0.05) is 13.0 Å². The number of rotatable bonds is 7. The van der Waals surface area contributed by atoms with Crippen LogP contribution in [0.3, 0.4) is 0 Å². The van der Waals surface area contributed by atoms with Gasteiger partial charge in [0, 0.05) is 5.69 Å². The molecule has 0 bridgehead atoms. The summed E-state index contributed by atoms with van der Waals surface area (Å²) in [6, 6.07) is 15.1. The summed E-state index contributed by atoms with van der Waals surface area (Å²) in [6.07, 6.45) is 0.00725. The quantitative estimate of drug-likeness (QED) is 0.770. The number of nitriles is 1. The predicted octanol–water partition coefficient (Wildman–Crippen LogP) is 3.53. The first kappa shape index (κ1) is 19.0. The fourth-order valence-corrected chi connectivity index (χ4v) is 2.11. The molecule has 6 heteroatoms. The summed E-state index contributed by atoms with van der Waals surface area (Å²) in [4.78, 5) is 24.0. The van der Waals surface area contributed by atoms with E-state index in [0.29, 0.717) is 29.2 Å². The molecule has 134 valence electrons. The molecule has 2 aromatic rings. The molecular weight excluding hydrogens is 332 g/mol. The second-order valence-corrected chi connectivity index (χ2v) is 5.60. The van der Waals surface area contributed by atoms with E-state index < -0.39 is 6.10 Å². The number of nitrogens with zero attached hydrogens (tertiary/aromatic N) is 1. The lowest BCUT2D eigenvalue weighted by atomic mass is 10.2. The molecule has 1 N–H and O–H groups in total. The Labute approximate surface area is 152 Å². The minimum absolute atomic E-state index is 0.339. The van der Waals surface area contributed by atoms with E-state index in [1.165, 1.54) is 0 Å². The van der Waals surface area contributed by atoms with Crippen LogP contribution in [0.15, 0.2) is 48.5 Å². The van der Waals surface area contributed by atoms with Crippen LogP contribution in [0.25, 0.3) is 0 Å². The molecule has 26 heavy (non-hydrogen) atoms. The number of carbonyl (C=O) groups is 2. The van der Waals surface area contributed by atoms with Gasteiger partial charge in [-0.15, -0.1) is 0 Å². The van der Waals surface area contributed by atoms with E-state index in [9.17, 15) is 9.59 Å². The Balaban J connectivity index is 1.94. The van der Waals surface area contributed by atoms with E-state index in [1.54, 1.807) is 55.5 Å². The van der Waals surface area contributed by atoms with Crippen molar-refractivity contribution in [1.29, 1.82) is 5.26 Å². The van der Waals surface area contributed by atoms with Crippen LogP contribution in [0.1, 0.15) is 36.2 Å². The minimum Gasteiger partial charge on any atom is -0.481 e. The van der Waals surface area contributed by atoms with Gasteiger partial charge in [0.2, 0.25) is 0 Å². The zero-order chi connectivity index (χ0) is 18.9. The van der Waals surface area contributed by atoms with E-state index in [-0.39, 0.29) is 11.9 Å². The molecule has 0 saturated heterocycles. The number of benzene rings is 2. The van der Waals surface area contributed by atoms with Crippen molar-refractivity contribution in [3.8, 4) is 11.8 Å². The number of anilines is 1. The molecule has 0 aliphatic carbocycles. The molecule has 2 rings (SSSR count). The van der Waals surface area contributed by atoms with E-state index in [0.717, 1.165) is 6.42 Å². The van der Waals surface area contributed by atoms with Crippen LogP contribution in [-0.2, 0) is 9.53 Å². The van der Waals surface area contributed by atoms with Gasteiger partial charge >= 0.3 is 5.97 Å². The highest BCUT2D eigenvalue weighted by Gasteiger charge is 2.15. The lowest BCUT2D eigenvalue weighted by Crippen LogP contribution is -2.30. The standard InChI is InChI=1S/C20H20N2O4/c1-3-11-25-20(24)16-7-9-17(10-8-16)22-19(23)14(2)26-18-6-4-5-15(12-18)13-21/h4-10,12,14H,3,11H2,1-2H3,(H,22,23). The molecule has 0 fully saturated rings. The molecule has 6 nitrogen and oxygen atoms in total. The van der Waals surface area contributed by atoms with Gasteiger partial charge in [0.15, 0.2) is 6.10 Å². The van der Waals surface area contributed by atoms with Crippen LogP contribution >= 0.6 is 0 Å². The first-order chi connectivity index (χ1) is 12.5. The average Bonchev–Trinajstić information content (AvgIpc) is 2.66. The highest BCUT2D eigenvalue weighted by atomic mass is 16.5. The molecule has 0 aromatic heterocycles. The summed E-state index contributed by atoms with van der Waals surface area (Å²) in [5, 5.41) is 11.6. The third-order valence-corrected chi connectivity index (χ3v) is 3.47. The molecule has 0 spiro atoms. The second-order valence-electron chi connectivity index (χ2n) is 5.60. The molecular formula is C20H20N2O4. The summed E-state index contributed by atoms with van der Waals surface area (Å²) >= 11 is 0. The Hall–Kier alpha value is -3.33. The minimum atomic E-state index is -0.752. The lowest BCUT2D eigenvalue weighted by molar-refractivity contribution is -0.122. The number of hydrogen-bond donors (Lipinski definition) is 1. The topological polar surface area (TPSA) is 88.4 Å². The second kappa shape index (κ2) is 9.23. The van der Waals surface area contributed by atoms with Crippen LogP contribution in [0.5, 0.6) is 5.75 Å². The molecule has 0 heterocycles. The Kier molecular flexibility index (Phi) is 6.75. The van der Waals surface area contributed by atoms with Gasteiger partial charge in [-0.3, -0.25) is 4.79 Å². The molecule has 1 amide bonds. The Morgan fingerprint density at radius 2 is 1.92 bits per heavy atom. The maximum Gasteiger partial charge on any atom is 0.338 e.